The Labute approximate surface area is 187 Å². The molecule has 1 N–H and O–H groups in total. The zero-order valence-electron chi connectivity index (χ0n) is 17.1. The first kappa shape index (κ1) is 22.2. The van der Waals surface area contributed by atoms with E-state index in [2.05, 4.69) is 12.2 Å². The lowest BCUT2D eigenvalue weighted by Crippen LogP contribution is -2.29. The van der Waals surface area contributed by atoms with Crippen molar-refractivity contribution in [3.63, 3.8) is 0 Å². The van der Waals surface area contributed by atoms with Crippen LogP contribution in [0.4, 0.5) is 5.69 Å². The summed E-state index contributed by atoms with van der Waals surface area (Å²) >= 11 is 6.74. The van der Waals surface area contributed by atoms with Crippen LogP contribution in [0.1, 0.15) is 43.7 Å². The molecule has 6 heteroatoms. The highest BCUT2D eigenvalue weighted by Crippen LogP contribution is 2.32. The lowest BCUT2D eigenvalue weighted by Gasteiger charge is -2.14. The third kappa shape index (κ3) is 6.03. The fourth-order valence-corrected chi connectivity index (χ4v) is 4.60. The van der Waals surface area contributed by atoms with Gasteiger partial charge in [0.05, 0.1) is 4.91 Å². The van der Waals surface area contributed by atoms with Crippen LogP contribution in [0.15, 0.2) is 59.5 Å². The van der Waals surface area contributed by atoms with Crippen molar-refractivity contribution < 1.29 is 9.59 Å². The quantitative estimate of drug-likeness (QED) is 0.312. The van der Waals surface area contributed by atoms with Gasteiger partial charge in [0.25, 0.3) is 5.91 Å². The maximum Gasteiger partial charge on any atom is 0.266 e. The van der Waals surface area contributed by atoms with Gasteiger partial charge in [-0.3, -0.25) is 14.5 Å². The molecule has 2 aromatic rings. The lowest BCUT2D eigenvalue weighted by molar-refractivity contribution is -0.122. The molecule has 1 fully saturated rings. The molecule has 156 valence electrons. The molecule has 4 nitrogen and oxygen atoms in total. The summed E-state index contributed by atoms with van der Waals surface area (Å²) in [5.41, 5.74) is 3.03. The van der Waals surface area contributed by atoms with Crippen molar-refractivity contribution in [2.45, 2.75) is 39.0 Å². The van der Waals surface area contributed by atoms with Gasteiger partial charge >= 0.3 is 0 Å². The van der Waals surface area contributed by atoms with E-state index in [9.17, 15) is 9.59 Å². The average Bonchev–Trinajstić information content (AvgIpc) is 3.01. The first-order valence-corrected chi connectivity index (χ1v) is 11.5. The Balaban J connectivity index is 1.41. The van der Waals surface area contributed by atoms with E-state index >= 15 is 0 Å². The Kier molecular flexibility index (Phi) is 8.22. The van der Waals surface area contributed by atoms with Crippen LogP contribution < -0.4 is 5.32 Å². The van der Waals surface area contributed by atoms with Gasteiger partial charge in [0, 0.05) is 18.7 Å². The van der Waals surface area contributed by atoms with Crippen molar-refractivity contribution in [2.75, 3.05) is 11.9 Å². The van der Waals surface area contributed by atoms with Gasteiger partial charge in [-0.2, -0.15) is 0 Å². The summed E-state index contributed by atoms with van der Waals surface area (Å²) in [4.78, 5) is 27.2. The van der Waals surface area contributed by atoms with Crippen molar-refractivity contribution in [1.82, 2.24) is 4.90 Å². The fourth-order valence-electron chi connectivity index (χ4n) is 3.29. The molecular formula is C24H26N2O2S2. The smallest absolute Gasteiger partial charge is 0.266 e. The maximum absolute atomic E-state index is 12.6. The van der Waals surface area contributed by atoms with E-state index in [0.29, 0.717) is 22.2 Å². The van der Waals surface area contributed by atoms with Gasteiger partial charge in [0.1, 0.15) is 4.32 Å². The molecule has 0 spiro atoms. The molecule has 0 bridgehead atoms. The van der Waals surface area contributed by atoms with E-state index in [-0.39, 0.29) is 11.8 Å². The second-order valence-corrected chi connectivity index (χ2v) is 8.79. The Morgan fingerprint density at radius 3 is 2.57 bits per heavy atom. The number of hydrogen-bond donors (Lipinski definition) is 1. The lowest BCUT2D eigenvalue weighted by atomic mass is 10.1. The second-order valence-electron chi connectivity index (χ2n) is 7.11. The fraction of sp³-hybridized carbons (Fsp3) is 0.292. The summed E-state index contributed by atoms with van der Waals surface area (Å²) in [5, 5.41) is 3.00. The van der Waals surface area contributed by atoms with E-state index in [0.717, 1.165) is 42.5 Å². The average molecular weight is 439 g/mol. The first-order chi connectivity index (χ1) is 14.6. The number of rotatable bonds is 9. The highest BCUT2D eigenvalue weighted by atomic mass is 32.2. The van der Waals surface area contributed by atoms with Crippen LogP contribution in [-0.4, -0.2) is 27.6 Å². The number of thioether (sulfide) groups is 1. The highest BCUT2D eigenvalue weighted by molar-refractivity contribution is 8.26. The number of aryl methyl sites for hydroxylation is 1. The zero-order valence-corrected chi connectivity index (χ0v) is 18.7. The standard InChI is InChI=1S/C24H26N2O2S2/c1-2-19-13-8-9-14-20(19)25-22(27)15-7-4-10-16-26-23(28)21(30-24(26)29)17-18-11-5-3-6-12-18/h3,5-6,8-9,11-14,17H,2,4,7,10,15-16H2,1H3,(H,25,27)/b21-17-. The van der Waals surface area contributed by atoms with Gasteiger partial charge in [0.2, 0.25) is 5.91 Å². The molecule has 3 rings (SSSR count). The van der Waals surface area contributed by atoms with Crippen molar-refractivity contribution in [2.24, 2.45) is 0 Å². The highest BCUT2D eigenvalue weighted by Gasteiger charge is 2.31. The van der Waals surface area contributed by atoms with E-state index in [1.165, 1.54) is 11.8 Å². The normalized spacial score (nSPS) is 15.1. The summed E-state index contributed by atoms with van der Waals surface area (Å²) < 4.78 is 0.607. The summed E-state index contributed by atoms with van der Waals surface area (Å²) in [5.74, 6) is 0.00933. The van der Waals surface area contributed by atoms with E-state index < -0.39 is 0 Å². The molecule has 0 aliphatic carbocycles. The molecule has 2 amide bonds. The molecular weight excluding hydrogens is 412 g/mol. The van der Waals surface area contributed by atoms with Crippen LogP contribution in [0.3, 0.4) is 0 Å². The Bertz CT molecular complexity index is 941. The number of unbranched alkanes of at least 4 members (excludes halogenated alkanes) is 2. The summed E-state index contributed by atoms with van der Waals surface area (Å²) in [6.07, 6.45) is 5.73. The number of hydrogen-bond acceptors (Lipinski definition) is 4. The summed E-state index contributed by atoms with van der Waals surface area (Å²) in [6, 6.07) is 17.7. The molecule has 0 radical (unpaired) electrons. The minimum absolute atomic E-state index is 0.0252. The number of nitrogens with zero attached hydrogens (tertiary/aromatic N) is 1. The van der Waals surface area contributed by atoms with Crippen molar-refractivity contribution >= 4 is 51.9 Å². The van der Waals surface area contributed by atoms with Crippen LogP contribution in [0.5, 0.6) is 0 Å². The predicted octanol–water partition coefficient (Wildman–Crippen LogP) is 5.65. The van der Waals surface area contributed by atoms with Gasteiger partial charge in [0.15, 0.2) is 0 Å². The predicted molar refractivity (Wildman–Crippen MR) is 129 cm³/mol. The summed E-state index contributed by atoms with van der Waals surface area (Å²) in [7, 11) is 0. The maximum atomic E-state index is 12.6. The summed E-state index contributed by atoms with van der Waals surface area (Å²) in [6.45, 7) is 2.67. The first-order valence-electron chi connectivity index (χ1n) is 10.3. The van der Waals surface area contributed by atoms with Crippen molar-refractivity contribution in [1.29, 1.82) is 0 Å². The van der Waals surface area contributed by atoms with Crippen LogP contribution in [0.25, 0.3) is 6.08 Å². The molecule has 2 aromatic carbocycles. The number of nitrogens with one attached hydrogen (secondary N) is 1. The van der Waals surface area contributed by atoms with E-state index in [1.807, 2.05) is 60.7 Å². The van der Waals surface area contributed by atoms with Gasteiger partial charge in [-0.15, -0.1) is 0 Å². The van der Waals surface area contributed by atoms with Gasteiger partial charge in [-0.25, -0.2) is 0 Å². The number of anilines is 1. The largest absolute Gasteiger partial charge is 0.326 e. The number of para-hydroxylation sites is 1. The second kappa shape index (κ2) is 11.1. The minimum atomic E-state index is -0.0252. The zero-order chi connectivity index (χ0) is 21.3. The monoisotopic (exact) mass is 438 g/mol. The molecule has 0 unspecified atom stereocenters. The molecule has 1 aliphatic heterocycles. The number of amides is 2. The third-order valence-corrected chi connectivity index (χ3v) is 6.31. The molecule has 1 heterocycles. The van der Waals surface area contributed by atoms with Crippen LogP contribution in [-0.2, 0) is 16.0 Å². The SMILES string of the molecule is CCc1ccccc1NC(=O)CCCCCN1C(=O)/C(=C/c2ccccc2)SC1=S. The van der Waals surface area contributed by atoms with Crippen LogP contribution >= 0.6 is 24.0 Å². The molecule has 0 aromatic heterocycles. The Morgan fingerprint density at radius 1 is 1.07 bits per heavy atom. The van der Waals surface area contributed by atoms with E-state index in [4.69, 9.17) is 12.2 Å². The van der Waals surface area contributed by atoms with Gasteiger partial charge in [-0.1, -0.05) is 85.9 Å². The molecule has 0 atom stereocenters. The number of thiocarbonyl (C=S) groups is 1. The number of carbonyl (C=O) groups excluding carboxylic acids is 2. The topological polar surface area (TPSA) is 49.4 Å². The van der Waals surface area contributed by atoms with E-state index in [1.54, 1.807) is 4.90 Å². The van der Waals surface area contributed by atoms with Crippen molar-refractivity contribution in [3.8, 4) is 0 Å². The number of carbonyl (C=O) groups is 2. The molecule has 30 heavy (non-hydrogen) atoms. The van der Waals surface area contributed by atoms with Crippen LogP contribution in [0, 0.1) is 0 Å². The van der Waals surface area contributed by atoms with Gasteiger partial charge < -0.3 is 5.32 Å². The Morgan fingerprint density at radius 2 is 1.80 bits per heavy atom. The van der Waals surface area contributed by atoms with Crippen molar-refractivity contribution in [3.05, 3.63) is 70.6 Å². The number of benzene rings is 2. The minimum Gasteiger partial charge on any atom is -0.326 e. The van der Waals surface area contributed by atoms with Crippen LogP contribution in [0.2, 0.25) is 0 Å². The van der Waals surface area contributed by atoms with Gasteiger partial charge in [-0.05, 0) is 42.5 Å². The Hall–Kier alpha value is -2.44. The molecule has 1 saturated heterocycles. The molecule has 0 saturated carbocycles. The molecule has 1 aliphatic rings. The third-order valence-electron chi connectivity index (χ3n) is 4.93.